The van der Waals surface area contributed by atoms with Crippen LogP contribution in [-0.4, -0.2) is 49.1 Å². The number of likely N-dealkylation sites (tertiary alicyclic amines) is 1. The van der Waals surface area contributed by atoms with E-state index in [0.717, 1.165) is 25.9 Å². The van der Waals surface area contributed by atoms with E-state index in [-0.39, 0.29) is 24.4 Å². The number of piperidine rings is 1. The van der Waals surface area contributed by atoms with Crippen molar-refractivity contribution in [3.8, 4) is 0 Å². The molecule has 0 aromatic heterocycles. The number of hydrogen-bond acceptors (Lipinski definition) is 4. The predicted octanol–water partition coefficient (Wildman–Crippen LogP) is 0.313. The number of amides is 3. The van der Waals surface area contributed by atoms with Gasteiger partial charge in [0.15, 0.2) is 0 Å². The highest BCUT2D eigenvalue weighted by atomic mass is 35.5. The molecule has 112 valence electrons. The fourth-order valence-electron chi connectivity index (χ4n) is 2.23. The number of carbonyl (C=O) groups is 2. The number of carbonyl (C=O) groups excluding carboxylic acids is 2. The third kappa shape index (κ3) is 5.76. The minimum absolute atomic E-state index is 0. The Labute approximate surface area is 120 Å². The molecule has 4 N–H and O–H groups in total. The Morgan fingerprint density at radius 1 is 1.47 bits per heavy atom. The maximum absolute atomic E-state index is 11.9. The molecule has 0 bridgehead atoms. The summed E-state index contributed by atoms with van der Waals surface area (Å²) in [6, 6.07) is -0.719. The van der Waals surface area contributed by atoms with E-state index in [1.54, 1.807) is 0 Å². The van der Waals surface area contributed by atoms with E-state index in [9.17, 15) is 9.59 Å². The van der Waals surface area contributed by atoms with E-state index in [1.165, 1.54) is 0 Å². The molecule has 0 saturated carbocycles. The normalized spacial score (nSPS) is 21.1. The van der Waals surface area contributed by atoms with Crippen LogP contribution >= 0.6 is 12.4 Å². The van der Waals surface area contributed by atoms with Crippen LogP contribution in [0.15, 0.2) is 0 Å². The van der Waals surface area contributed by atoms with Gasteiger partial charge in [-0.15, -0.1) is 12.4 Å². The molecule has 0 aromatic carbocycles. The first kappa shape index (κ1) is 18.1. The summed E-state index contributed by atoms with van der Waals surface area (Å²) in [5.41, 5.74) is 5.67. The number of nitrogens with two attached hydrogens (primary N) is 1. The van der Waals surface area contributed by atoms with Crippen molar-refractivity contribution in [2.24, 2.45) is 11.7 Å². The van der Waals surface area contributed by atoms with Gasteiger partial charge in [-0.1, -0.05) is 0 Å². The van der Waals surface area contributed by atoms with Gasteiger partial charge in [-0.3, -0.25) is 15.0 Å². The second-order valence-electron chi connectivity index (χ2n) is 4.76. The summed E-state index contributed by atoms with van der Waals surface area (Å²) in [5, 5.41) is 4.89. The van der Waals surface area contributed by atoms with Crippen molar-refractivity contribution in [1.82, 2.24) is 15.5 Å². The standard InChI is InChI=1S/C12H24N4O2.ClH/c1-3-14-12(18)15-11(17)9(2)16-6-4-5-10(7-13)8-16;/h9-10H,3-8,13H2,1-2H3,(H2,14,15,17,18);1H. The van der Waals surface area contributed by atoms with Gasteiger partial charge in [-0.2, -0.15) is 0 Å². The number of hydrogen-bond donors (Lipinski definition) is 3. The van der Waals surface area contributed by atoms with E-state index < -0.39 is 6.03 Å². The van der Waals surface area contributed by atoms with E-state index >= 15 is 0 Å². The molecule has 3 amide bonds. The summed E-state index contributed by atoms with van der Waals surface area (Å²) >= 11 is 0. The Balaban J connectivity index is 0.00000324. The Kier molecular flexibility index (Phi) is 8.71. The van der Waals surface area contributed by atoms with Crippen LogP contribution in [0.4, 0.5) is 4.79 Å². The molecule has 6 nitrogen and oxygen atoms in total. The molecule has 1 saturated heterocycles. The monoisotopic (exact) mass is 292 g/mol. The van der Waals surface area contributed by atoms with Gasteiger partial charge in [-0.05, 0) is 45.7 Å². The summed E-state index contributed by atoms with van der Waals surface area (Å²) < 4.78 is 0. The number of halogens is 1. The number of imide groups is 1. The third-order valence-corrected chi connectivity index (χ3v) is 3.38. The average molecular weight is 293 g/mol. The van der Waals surface area contributed by atoms with Crippen molar-refractivity contribution in [3.05, 3.63) is 0 Å². The van der Waals surface area contributed by atoms with Crippen LogP contribution in [0.5, 0.6) is 0 Å². The number of nitrogens with zero attached hydrogens (tertiary/aromatic N) is 1. The van der Waals surface area contributed by atoms with Crippen molar-refractivity contribution in [2.75, 3.05) is 26.2 Å². The fraction of sp³-hybridized carbons (Fsp3) is 0.833. The van der Waals surface area contributed by atoms with Gasteiger partial charge in [0.1, 0.15) is 0 Å². The molecule has 0 radical (unpaired) electrons. The molecular weight excluding hydrogens is 268 g/mol. The molecule has 2 atom stereocenters. The topological polar surface area (TPSA) is 87.5 Å². The molecule has 1 rings (SSSR count). The number of urea groups is 1. The second-order valence-corrected chi connectivity index (χ2v) is 4.76. The number of nitrogens with one attached hydrogen (secondary N) is 2. The van der Waals surface area contributed by atoms with Crippen LogP contribution < -0.4 is 16.4 Å². The van der Waals surface area contributed by atoms with Gasteiger partial charge in [0.25, 0.3) is 0 Å². The minimum atomic E-state index is -0.429. The highest BCUT2D eigenvalue weighted by Gasteiger charge is 2.27. The molecule has 19 heavy (non-hydrogen) atoms. The Hall–Kier alpha value is -0.850. The van der Waals surface area contributed by atoms with Crippen LogP contribution in [0, 0.1) is 5.92 Å². The van der Waals surface area contributed by atoms with Crippen LogP contribution in [0.25, 0.3) is 0 Å². The van der Waals surface area contributed by atoms with Crippen molar-refractivity contribution < 1.29 is 9.59 Å². The lowest BCUT2D eigenvalue weighted by Crippen LogP contribution is -2.52. The third-order valence-electron chi connectivity index (χ3n) is 3.38. The van der Waals surface area contributed by atoms with Gasteiger partial charge in [0, 0.05) is 13.1 Å². The molecule has 1 heterocycles. The van der Waals surface area contributed by atoms with Crippen LogP contribution in [0.2, 0.25) is 0 Å². The Bertz CT molecular complexity index is 301. The van der Waals surface area contributed by atoms with Crippen LogP contribution in [0.1, 0.15) is 26.7 Å². The number of rotatable bonds is 4. The van der Waals surface area contributed by atoms with E-state index in [0.29, 0.717) is 19.0 Å². The SMILES string of the molecule is CCNC(=O)NC(=O)C(C)N1CCCC(CN)C1.Cl. The molecule has 1 fully saturated rings. The maximum Gasteiger partial charge on any atom is 0.321 e. The van der Waals surface area contributed by atoms with E-state index in [2.05, 4.69) is 15.5 Å². The van der Waals surface area contributed by atoms with Crippen molar-refractivity contribution >= 4 is 24.3 Å². The predicted molar refractivity (Wildman–Crippen MR) is 77.3 cm³/mol. The lowest BCUT2D eigenvalue weighted by Gasteiger charge is -2.35. The lowest BCUT2D eigenvalue weighted by atomic mass is 9.97. The highest BCUT2D eigenvalue weighted by molar-refractivity contribution is 5.96. The Morgan fingerprint density at radius 3 is 2.74 bits per heavy atom. The van der Waals surface area contributed by atoms with Crippen molar-refractivity contribution in [1.29, 1.82) is 0 Å². The first-order valence-corrected chi connectivity index (χ1v) is 6.61. The van der Waals surface area contributed by atoms with Crippen molar-refractivity contribution in [3.63, 3.8) is 0 Å². The molecule has 0 aliphatic carbocycles. The van der Waals surface area contributed by atoms with Gasteiger partial charge >= 0.3 is 6.03 Å². The van der Waals surface area contributed by atoms with Gasteiger partial charge < -0.3 is 11.1 Å². The van der Waals surface area contributed by atoms with Gasteiger partial charge in [-0.25, -0.2) is 4.79 Å². The molecule has 0 aromatic rings. The summed E-state index contributed by atoms with van der Waals surface area (Å²) in [4.78, 5) is 25.3. The zero-order valence-electron chi connectivity index (χ0n) is 11.6. The van der Waals surface area contributed by atoms with Crippen LogP contribution in [0.3, 0.4) is 0 Å². The van der Waals surface area contributed by atoms with E-state index in [4.69, 9.17) is 5.73 Å². The van der Waals surface area contributed by atoms with Crippen LogP contribution in [-0.2, 0) is 4.79 Å². The largest absolute Gasteiger partial charge is 0.338 e. The summed E-state index contributed by atoms with van der Waals surface area (Å²) in [5.74, 6) is 0.206. The molecule has 0 spiro atoms. The summed E-state index contributed by atoms with van der Waals surface area (Å²) in [7, 11) is 0. The van der Waals surface area contributed by atoms with E-state index in [1.807, 2.05) is 13.8 Å². The molecule has 7 heteroatoms. The van der Waals surface area contributed by atoms with Crippen molar-refractivity contribution in [2.45, 2.75) is 32.7 Å². The summed E-state index contributed by atoms with van der Waals surface area (Å²) in [6.07, 6.45) is 2.18. The van der Waals surface area contributed by atoms with Gasteiger partial charge in [0.05, 0.1) is 6.04 Å². The zero-order valence-corrected chi connectivity index (χ0v) is 12.5. The molecule has 2 unspecified atom stereocenters. The second kappa shape index (κ2) is 9.12. The maximum atomic E-state index is 11.9. The lowest BCUT2D eigenvalue weighted by molar-refractivity contribution is -0.125. The first-order chi connectivity index (χ1) is 8.58. The highest BCUT2D eigenvalue weighted by Crippen LogP contribution is 2.17. The first-order valence-electron chi connectivity index (χ1n) is 6.61. The molecule has 1 aliphatic heterocycles. The van der Waals surface area contributed by atoms with Gasteiger partial charge in [0.2, 0.25) is 5.91 Å². The molecular formula is C12H25ClN4O2. The smallest absolute Gasteiger partial charge is 0.321 e. The summed E-state index contributed by atoms with van der Waals surface area (Å²) in [6.45, 7) is 6.52. The quantitative estimate of drug-likeness (QED) is 0.696. The zero-order chi connectivity index (χ0) is 13.5. The fourth-order valence-corrected chi connectivity index (χ4v) is 2.23. The minimum Gasteiger partial charge on any atom is -0.338 e. The Morgan fingerprint density at radius 2 is 2.16 bits per heavy atom. The average Bonchev–Trinajstić information content (AvgIpc) is 2.38. The molecule has 1 aliphatic rings.